The predicted octanol–water partition coefficient (Wildman–Crippen LogP) is 3.83. The summed E-state index contributed by atoms with van der Waals surface area (Å²) >= 11 is 0. The molecule has 0 radical (unpaired) electrons. The highest BCUT2D eigenvalue weighted by molar-refractivity contribution is 5.93. The molecule has 0 N–H and O–H groups in total. The van der Waals surface area contributed by atoms with E-state index >= 15 is 0 Å². The van der Waals surface area contributed by atoms with Crippen molar-refractivity contribution in [2.24, 2.45) is 5.92 Å². The molecule has 2 aromatic carbocycles. The van der Waals surface area contributed by atoms with Crippen LogP contribution in [0.3, 0.4) is 0 Å². The molecule has 0 aromatic heterocycles. The normalized spacial score (nSPS) is 19.7. The zero-order chi connectivity index (χ0) is 22.4. The van der Waals surface area contributed by atoms with Crippen molar-refractivity contribution in [1.82, 2.24) is 4.90 Å². The lowest BCUT2D eigenvalue weighted by molar-refractivity contribution is -0.215. The fraction of sp³-hybridized carbons (Fsp3) is 0.440. The number of piperidine rings is 1. The van der Waals surface area contributed by atoms with Crippen molar-refractivity contribution in [2.45, 2.75) is 32.2 Å². The summed E-state index contributed by atoms with van der Waals surface area (Å²) in [6.45, 7) is 4.39. The van der Waals surface area contributed by atoms with Crippen LogP contribution in [0.2, 0.25) is 0 Å². The molecule has 2 heterocycles. The molecule has 2 aromatic rings. The molecule has 2 fully saturated rings. The highest BCUT2D eigenvalue weighted by atomic mass is 16.7. The molecule has 1 spiro atoms. The number of carbonyl (C=O) groups excluding carboxylic acids is 2. The zero-order valence-corrected chi connectivity index (χ0v) is 18.4. The van der Waals surface area contributed by atoms with Gasteiger partial charge in [-0.3, -0.25) is 4.79 Å². The number of likely N-dealkylation sites (tertiary alicyclic amines) is 1. The van der Waals surface area contributed by atoms with Crippen LogP contribution >= 0.6 is 0 Å². The fourth-order valence-electron chi connectivity index (χ4n) is 4.39. The largest absolute Gasteiger partial charge is 0.445 e. The monoisotopic (exact) mass is 438 g/mol. The second kappa shape index (κ2) is 10.1. The molecular weight excluding hydrogens is 408 g/mol. The number of rotatable bonds is 6. The molecule has 0 bridgehead atoms. The summed E-state index contributed by atoms with van der Waals surface area (Å²) in [5, 5.41) is 0. The molecule has 32 heavy (non-hydrogen) atoms. The maximum absolute atomic E-state index is 12.8. The first-order valence-electron chi connectivity index (χ1n) is 11.2. The van der Waals surface area contributed by atoms with E-state index in [2.05, 4.69) is 0 Å². The lowest BCUT2D eigenvalue weighted by Gasteiger charge is -2.45. The minimum absolute atomic E-state index is 0.0214. The minimum atomic E-state index is -0.780. The third-order valence-electron chi connectivity index (χ3n) is 6.11. The van der Waals surface area contributed by atoms with Gasteiger partial charge in [0, 0.05) is 44.1 Å². The molecule has 0 aliphatic carbocycles. The van der Waals surface area contributed by atoms with Gasteiger partial charge >= 0.3 is 6.09 Å². The second-order valence-corrected chi connectivity index (χ2v) is 8.14. The van der Waals surface area contributed by atoms with Crippen LogP contribution < -0.4 is 4.90 Å². The Labute approximate surface area is 188 Å². The van der Waals surface area contributed by atoms with Gasteiger partial charge in [0.1, 0.15) is 6.61 Å². The number of para-hydroxylation sites is 1. The number of benzene rings is 2. The number of ether oxygens (including phenoxy) is 3. The molecule has 0 saturated carbocycles. The van der Waals surface area contributed by atoms with Crippen LogP contribution in [0.4, 0.5) is 10.5 Å². The Morgan fingerprint density at radius 3 is 2.38 bits per heavy atom. The summed E-state index contributed by atoms with van der Waals surface area (Å²) in [5.41, 5.74) is 1.77. The summed E-state index contributed by atoms with van der Waals surface area (Å²) < 4.78 is 17.7. The topological polar surface area (TPSA) is 68.3 Å². The van der Waals surface area contributed by atoms with Crippen LogP contribution in [-0.2, 0) is 25.6 Å². The Hall–Kier alpha value is -2.90. The quantitative estimate of drug-likeness (QED) is 0.686. The van der Waals surface area contributed by atoms with E-state index in [1.54, 1.807) is 9.80 Å². The molecule has 2 aliphatic heterocycles. The van der Waals surface area contributed by atoms with E-state index in [4.69, 9.17) is 14.2 Å². The van der Waals surface area contributed by atoms with Gasteiger partial charge in [-0.15, -0.1) is 0 Å². The van der Waals surface area contributed by atoms with Crippen LogP contribution in [0.1, 0.15) is 25.3 Å². The van der Waals surface area contributed by atoms with Gasteiger partial charge < -0.3 is 24.0 Å². The van der Waals surface area contributed by atoms with Crippen molar-refractivity contribution < 1.29 is 23.8 Å². The average Bonchev–Trinajstić information content (AvgIpc) is 3.32. The average molecular weight is 439 g/mol. The molecule has 7 heteroatoms. The number of amides is 2. The molecular formula is C25H30N2O5. The Bertz CT molecular complexity index is 899. The first-order chi connectivity index (χ1) is 15.6. The second-order valence-electron chi connectivity index (χ2n) is 8.14. The van der Waals surface area contributed by atoms with Crippen molar-refractivity contribution in [3.8, 4) is 0 Å². The van der Waals surface area contributed by atoms with Gasteiger partial charge in [0.05, 0.1) is 13.2 Å². The minimum Gasteiger partial charge on any atom is -0.445 e. The van der Waals surface area contributed by atoms with Gasteiger partial charge in [-0.25, -0.2) is 4.79 Å². The predicted molar refractivity (Wildman–Crippen MR) is 120 cm³/mol. The SMILES string of the molecule is CCC(=O)N(CC1CN(C(=O)OCc2ccccc2)CCC12OCCO2)c1ccccc1. The highest BCUT2D eigenvalue weighted by Crippen LogP contribution is 2.37. The van der Waals surface area contributed by atoms with E-state index < -0.39 is 5.79 Å². The highest BCUT2D eigenvalue weighted by Gasteiger charge is 2.50. The Kier molecular flexibility index (Phi) is 7.07. The van der Waals surface area contributed by atoms with Gasteiger partial charge in [0.2, 0.25) is 5.91 Å². The van der Waals surface area contributed by atoms with Crippen molar-refractivity contribution in [2.75, 3.05) is 37.7 Å². The fourth-order valence-corrected chi connectivity index (χ4v) is 4.39. The summed E-state index contributed by atoms with van der Waals surface area (Å²) in [6.07, 6.45) is 0.569. The third-order valence-corrected chi connectivity index (χ3v) is 6.11. The standard InChI is InChI=1S/C25H30N2O5/c1-2-23(28)27(22-11-7-4-8-12-22)18-21-17-26(14-13-25(21)31-15-16-32-25)24(29)30-19-20-9-5-3-6-10-20/h3-12,21H,2,13-19H2,1H3. The van der Waals surface area contributed by atoms with E-state index in [-0.39, 0.29) is 24.5 Å². The molecule has 2 saturated heterocycles. The molecule has 1 atom stereocenters. The summed E-state index contributed by atoms with van der Waals surface area (Å²) in [6, 6.07) is 19.2. The number of hydrogen-bond acceptors (Lipinski definition) is 5. The molecule has 7 nitrogen and oxygen atoms in total. The Balaban J connectivity index is 1.49. The molecule has 4 rings (SSSR count). The van der Waals surface area contributed by atoms with Crippen LogP contribution in [0.5, 0.6) is 0 Å². The van der Waals surface area contributed by atoms with Crippen molar-refractivity contribution in [3.05, 3.63) is 66.2 Å². The molecule has 2 amide bonds. The van der Waals surface area contributed by atoms with Crippen molar-refractivity contribution in [1.29, 1.82) is 0 Å². The number of nitrogens with zero attached hydrogens (tertiary/aromatic N) is 2. The smallest absolute Gasteiger partial charge is 0.410 e. The maximum atomic E-state index is 12.8. The molecule has 1 unspecified atom stereocenters. The lowest BCUT2D eigenvalue weighted by atomic mass is 9.89. The molecule has 170 valence electrons. The third kappa shape index (κ3) is 4.95. The van der Waals surface area contributed by atoms with Crippen LogP contribution in [-0.4, -0.2) is 55.5 Å². The van der Waals surface area contributed by atoms with E-state index in [9.17, 15) is 9.59 Å². The van der Waals surface area contributed by atoms with Crippen LogP contribution in [0.25, 0.3) is 0 Å². The first-order valence-corrected chi connectivity index (χ1v) is 11.2. The van der Waals surface area contributed by atoms with Gasteiger partial charge in [0.25, 0.3) is 0 Å². The number of hydrogen-bond donors (Lipinski definition) is 0. The van der Waals surface area contributed by atoms with E-state index in [1.165, 1.54) is 0 Å². The summed E-state index contributed by atoms with van der Waals surface area (Å²) in [4.78, 5) is 29.1. The Morgan fingerprint density at radius 1 is 1.06 bits per heavy atom. The number of anilines is 1. The van der Waals surface area contributed by atoms with E-state index in [0.29, 0.717) is 45.7 Å². The van der Waals surface area contributed by atoms with Gasteiger partial charge in [0.15, 0.2) is 5.79 Å². The Morgan fingerprint density at radius 2 is 1.72 bits per heavy atom. The van der Waals surface area contributed by atoms with Gasteiger partial charge in [-0.1, -0.05) is 55.5 Å². The van der Waals surface area contributed by atoms with E-state index in [0.717, 1.165) is 11.3 Å². The summed E-state index contributed by atoms with van der Waals surface area (Å²) in [5.74, 6) is -0.955. The summed E-state index contributed by atoms with van der Waals surface area (Å²) in [7, 11) is 0. The van der Waals surface area contributed by atoms with Crippen molar-refractivity contribution >= 4 is 17.7 Å². The first kappa shape index (κ1) is 22.3. The van der Waals surface area contributed by atoms with Crippen LogP contribution in [0.15, 0.2) is 60.7 Å². The van der Waals surface area contributed by atoms with Gasteiger partial charge in [-0.2, -0.15) is 0 Å². The van der Waals surface area contributed by atoms with Crippen LogP contribution in [0, 0.1) is 5.92 Å². The number of carbonyl (C=O) groups is 2. The lowest BCUT2D eigenvalue weighted by Crippen LogP contribution is -2.58. The van der Waals surface area contributed by atoms with Gasteiger partial charge in [-0.05, 0) is 17.7 Å². The van der Waals surface area contributed by atoms with Crippen molar-refractivity contribution in [3.63, 3.8) is 0 Å². The van der Waals surface area contributed by atoms with E-state index in [1.807, 2.05) is 67.6 Å². The zero-order valence-electron chi connectivity index (χ0n) is 18.4. The maximum Gasteiger partial charge on any atom is 0.410 e. The molecule has 2 aliphatic rings.